The maximum Gasteiger partial charge on any atom is 0.199 e. The molecule has 0 aliphatic rings. The van der Waals surface area contributed by atoms with E-state index in [-0.39, 0.29) is 6.29 Å². The molecule has 0 aliphatic heterocycles. The highest BCUT2D eigenvalue weighted by molar-refractivity contribution is 5.55. The average Bonchev–Trinajstić information content (AvgIpc) is 2.83. The lowest BCUT2D eigenvalue weighted by atomic mass is 10.1. The first-order valence-corrected chi connectivity index (χ1v) is 13.0. The summed E-state index contributed by atoms with van der Waals surface area (Å²) in [6, 6.07) is 8.03. The lowest BCUT2D eigenvalue weighted by Crippen LogP contribution is -2.21. The van der Waals surface area contributed by atoms with Gasteiger partial charge >= 0.3 is 0 Å². The zero-order valence-corrected chi connectivity index (χ0v) is 20.7. The van der Waals surface area contributed by atoms with Gasteiger partial charge < -0.3 is 9.47 Å². The van der Waals surface area contributed by atoms with Gasteiger partial charge in [0.2, 0.25) is 0 Å². The van der Waals surface area contributed by atoms with Gasteiger partial charge in [0.15, 0.2) is 12.1 Å². The van der Waals surface area contributed by atoms with E-state index < -0.39 is 0 Å². The number of unbranched alkanes of at least 4 members (excludes halogenated alkanes) is 8. The van der Waals surface area contributed by atoms with Gasteiger partial charge in [-0.2, -0.15) is 0 Å². The van der Waals surface area contributed by atoms with E-state index in [4.69, 9.17) is 9.47 Å². The summed E-state index contributed by atoms with van der Waals surface area (Å²) in [4.78, 5) is 9.19. The molecular weight excluding hydrogens is 396 g/mol. The van der Waals surface area contributed by atoms with Gasteiger partial charge in [0, 0.05) is 24.4 Å². The van der Waals surface area contributed by atoms with Crippen molar-refractivity contribution in [3.05, 3.63) is 42.2 Å². The largest absolute Gasteiger partial charge is 0.465 e. The average molecular weight is 441 g/mol. The van der Waals surface area contributed by atoms with Gasteiger partial charge in [-0.15, -0.1) is 0 Å². The highest BCUT2D eigenvalue weighted by Gasteiger charge is 2.11. The molecular formula is C28H44N2O2. The van der Waals surface area contributed by atoms with Crippen LogP contribution in [0.5, 0.6) is 5.75 Å². The summed E-state index contributed by atoms with van der Waals surface area (Å²) in [7, 11) is 0. The van der Waals surface area contributed by atoms with Gasteiger partial charge in [-0.3, -0.25) is 0 Å². The van der Waals surface area contributed by atoms with Crippen LogP contribution in [0.1, 0.15) is 103 Å². The third-order valence-corrected chi connectivity index (χ3v) is 5.71. The van der Waals surface area contributed by atoms with Gasteiger partial charge in [-0.05, 0) is 55.5 Å². The maximum atomic E-state index is 6.06. The summed E-state index contributed by atoms with van der Waals surface area (Å²) in [5.74, 6) is 1.60. The van der Waals surface area contributed by atoms with Gasteiger partial charge in [0.25, 0.3) is 0 Å². The van der Waals surface area contributed by atoms with Crippen molar-refractivity contribution in [2.75, 3.05) is 6.61 Å². The molecule has 1 atom stereocenters. The molecule has 0 radical (unpaired) electrons. The SMILES string of the molecule is CCCCCCCCCCc1cnc(-c2ccc(OC(CCCC)OCCC)cc2)nc1. The lowest BCUT2D eigenvalue weighted by molar-refractivity contribution is -0.0851. The van der Waals surface area contributed by atoms with Crippen LogP contribution in [-0.4, -0.2) is 22.9 Å². The Kier molecular flexibility index (Phi) is 13.7. The van der Waals surface area contributed by atoms with Crippen LogP contribution in [0, 0.1) is 0 Å². The number of ether oxygens (including phenoxy) is 2. The Morgan fingerprint density at radius 3 is 1.97 bits per heavy atom. The third-order valence-electron chi connectivity index (χ3n) is 5.71. The number of nitrogens with zero attached hydrogens (tertiary/aromatic N) is 2. The van der Waals surface area contributed by atoms with Crippen LogP contribution < -0.4 is 4.74 Å². The molecule has 4 heteroatoms. The standard InChI is InChI=1S/C28H44N2O2/c1-4-7-9-10-11-12-13-14-15-24-22-29-28(30-23-24)25-17-19-26(20-18-25)32-27(16-8-5-2)31-21-6-3/h17-20,22-23,27H,4-16,21H2,1-3H3. The molecule has 0 aliphatic carbocycles. The molecule has 2 aromatic rings. The Balaban J connectivity index is 1.77. The Labute approximate surface area is 196 Å². The molecule has 0 saturated heterocycles. The topological polar surface area (TPSA) is 44.2 Å². The minimum Gasteiger partial charge on any atom is -0.465 e. The summed E-state index contributed by atoms with van der Waals surface area (Å²) in [5.41, 5.74) is 2.24. The van der Waals surface area contributed by atoms with E-state index in [2.05, 4.69) is 30.7 Å². The zero-order valence-electron chi connectivity index (χ0n) is 20.7. The molecule has 0 bridgehead atoms. The molecule has 1 aromatic carbocycles. The second-order valence-electron chi connectivity index (χ2n) is 8.72. The molecule has 178 valence electrons. The van der Waals surface area contributed by atoms with E-state index in [1.807, 2.05) is 36.7 Å². The molecule has 1 aromatic heterocycles. The fraction of sp³-hybridized carbons (Fsp3) is 0.643. The van der Waals surface area contributed by atoms with Crippen molar-refractivity contribution >= 4 is 0 Å². The first kappa shape index (κ1) is 26.3. The Morgan fingerprint density at radius 2 is 1.34 bits per heavy atom. The summed E-state index contributed by atoms with van der Waals surface area (Å²) in [6.45, 7) is 7.30. The number of hydrogen-bond acceptors (Lipinski definition) is 4. The van der Waals surface area contributed by atoms with Crippen molar-refractivity contribution in [3.63, 3.8) is 0 Å². The van der Waals surface area contributed by atoms with Crippen LogP contribution >= 0.6 is 0 Å². The molecule has 1 heterocycles. The van der Waals surface area contributed by atoms with Crippen LogP contribution in [0.4, 0.5) is 0 Å². The molecule has 0 fully saturated rings. The van der Waals surface area contributed by atoms with Crippen LogP contribution in [0.3, 0.4) is 0 Å². The fourth-order valence-corrected chi connectivity index (χ4v) is 3.73. The Morgan fingerprint density at radius 1 is 0.719 bits per heavy atom. The summed E-state index contributed by atoms with van der Waals surface area (Å²) < 4.78 is 11.9. The number of hydrogen-bond donors (Lipinski definition) is 0. The summed E-state index contributed by atoms with van der Waals surface area (Å²) in [6.07, 6.45) is 19.7. The monoisotopic (exact) mass is 440 g/mol. The van der Waals surface area contributed by atoms with E-state index in [0.717, 1.165) is 55.8 Å². The van der Waals surface area contributed by atoms with Gasteiger partial charge in [-0.25, -0.2) is 9.97 Å². The Hall–Kier alpha value is -1.94. The van der Waals surface area contributed by atoms with Crippen molar-refractivity contribution in [1.29, 1.82) is 0 Å². The first-order chi connectivity index (χ1) is 15.8. The summed E-state index contributed by atoms with van der Waals surface area (Å²) >= 11 is 0. The van der Waals surface area contributed by atoms with Crippen LogP contribution in [0.2, 0.25) is 0 Å². The number of aromatic nitrogens is 2. The number of benzene rings is 1. The van der Waals surface area contributed by atoms with Crippen molar-refractivity contribution in [1.82, 2.24) is 9.97 Å². The molecule has 1 unspecified atom stereocenters. The van der Waals surface area contributed by atoms with Crippen molar-refractivity contribution < 1.29 is 9.47 Å². The maximum absolute atomic E-state index is 6.06. The molecule has 0 spiro atoms. The van der Waals surface area contributed by atoms with Gasteiger partial charge in [0.1, 0.15) is 5.75 Å². The predicted octanol–water partition coefficient (Wildman–Crippen LogP) is 8.15. The van der Waals surface area contributed by atoms with Crippen molar-refractivity contribution in [2.45, 2.75) is 111 Å². The third kappa shape index (κ3) is 10.6. The predicted molar refractivity (Wildman–Crippen MR) is 134 cm³/mol. The second kappa shape index (κ2) is 16.7. The van der Waals surface area contributed by atoms with E-state index in [1.54, 1.807) is 0 Å². The van der Waals surface area contributed by atoms with E-state index in [0.29, 0.717) is 0 Å². The van der Waals surface area contributed by atoms with Gasteiger partial charge in [0.05, 0.1) is 6.61 Å². The molecule has 2 rings (SSSR count). The molecule has 32 heavy (non-hydrogen) atoms. The number of rotatable bonds is 18. The van der Waals surface area contributed by atoms with E-state index in [1.165, 1.54) is 56.9 Å². The van der Waals surface area contributed by atoms with E-state index >= 15 is 0 Å². The van der Waals surface area contributed by atoms with Crippen molar-refractivity contribution in [2.24, 2.45) is 0 Å². The normalized spacial score (nSPS) is 12.1. The number of aryl methyl sites for hydroxylation is 1. The minimum atomic E-state index is -0.173. The second-order valence-corrected chi connectivity index (χ2v) is 8.72. The highest BCUT2D eigenvalue weighted by Crippen LogP contribution is 2.22. The minimum absolute atomic E-state index is 0.173. The molecule has 4 nitrogen and oxygen atoms in total. The zero-order chi connectivity index (χ0) is 22.9. The van der Waals surface area contributed by atoms with Crippen LogP contribution in [0.15, 0.2) is 36.7 Å². The fourth-order valence-electron chi connectivity index (χ4n) is 3.73. The highest BCUT2D eigenvalue weighted by atomic mass is 16.7. The van der Waals surface area contributed by atoms with Crippen LogP contribution in [0.25, 0.3) is 11.4 Å². The quantitative estimate of drug-likeness (QED) is 0.173. The smallest absolute Gasteiger partial charge is 0.199 e. The van der Waals surface area contributed by atoms with Crippen LogP contribution in [-0.2, 0) is 11.2 Å². The summed E-state index contributed by atoms with van der Waals surface area (Å²) in [5, 5.41) is 0. The lowest BCUT2D eigenvalue weighted by Gasteiger charge is -2.19. The van der Waals surface area contributed by atoms with E-state index in [9.17, 15) is 0 Å². The Bertz CT molecular complexity index is 692. The van der Waals surface area contributed by atoms with Gasteiger partial charge in [-0.1, -0.05) is 72.1 Å². The first-order valence-electron chi connectivity index (χ1n) is 13.0. The molecule has 0 amide bonds. The molecule has 0 saturated carbocycles. The molecule has 0 N–H and O–H groups in total. The van der Waals surface area contributed by atoms with Crippen molar-refractivity contribution in [3.8, 4) is 17.1 Å².